The number of rotatable bonds is 2. The summed E-state index contributed by atoms with van der Waals surface area (Å²) in [5.41, 5.74) is 1.28. The average Bonchev–Trinajstić information content (AvgIpc) is 2.13. The van der Waals surface area contributed by atoms with Crippen molar-refractivity contribution in [3.63, 3.8) is 0 Å². The standard InChI is InChI=1S/C11H13BrN2/c1-13-8-11(5-2-6-11)10-4-3-9(12)7-14-10/h3-4,7-8H,2,5-6H2,1H3/b13-8+. The summed E-state index contributed by atoms with van der Waals surface area (Å²) >= 11 is 3.39. The van der Waals surface area contributed by atoms with Gasteiger partial charge in [-0.1, -0.05) is 6.42 Å². The number of halogens is 1. The smallest absolute Gasteiger partial charge is 0.0519 e. The van der Waals surface area contributed by atoms with E-state index >= 15 is 0 Å². The molecule has 1 fully saturated rings. The average molecular weight is 253 g/mol. The van der Waals surface area contributed by atoms with Gasteiger partial charge < -0.3 is 0 Å². The maximum Gasteiger partial charge on any atom is 0.0519 e. The first kappa shape index (κ1) is 9.84. The summed E-state index contributed by atoms with van der Waals surface area (Å²) in [7, 11) is 1.83. The molecule has 1 saturated carbocycles. The monoisotopic (exact) mass is 252 g/mol. The molecule has 0 aromatic carbocycles. The molecule has 0 saturated heterocycles. The first-order valence-corrected chi connectivity index (χ1v) is 5.61. The van der Waals surface area contributed by atoms with Gasteiger partial charge in [-0.15, -0.1) is 0 Å². The Morgan fingerprint density at radius 1 is 1.50 bits per heavy atom. The predicted octanol–water partition coefficient (Wildman–Crippen LogP) is 2.97. The molecule has 0 amide bonds. The lowest BCUT2D eigenvalue weighted by Crippen LogP contribution is -2.36. The molecule has 1 aromatic heterocycles. The molecule has 0 atom stereocenters. The van der Waals surface area contributed by atoms with Crippen molar-refractivity contribution in [1.29, 1.82) is 0 Å². The lowest BCUT2D eigenvalue weighted by atomic mass is 9.67. The third-order valence-electron chi connectivity index (χ3n) is 2.86. The Kier molecular flexibility index (Phi) is 2.68. The van der Waals surface area contributed by atoms with Crippen LogP contribution in [0.1, 0.15) is 25.0 Å². The molecule has 0 spiro atoms. The van der Waals surface area contributed by atoms with E-state index in [9.17, 15) is 0 Å². The van der Waals surface area contributed by atoms with Gasteiger partial charge >= 0.3 is 0 Å². The van der Waals surface area contributed by atoms with E-state index in [1.807, 2.05) is 25.5 Å². The van der Waals surface area contributed by atoms with E-state index in [1.54, 1.807) is 0 Å². The fraction of sp³-hybridized carbons (Fsp3) is 0.455. The van der Waals surface area contributed by atoms with Gasteiger partial charge in [0, 0.05) is 29.3 Å². The number of hydrogen-bond acceptors (Lipinski definition) is 2. The number of hydrogen-bond donors (Lipinski definition) is 0. The molecular formula is C11H13BrN2. The largest absolute Gasteiger partial charge is 0.300 e. The molecule has 0 radical (unpaired) electrons. The summed E-state index contributed by atoms with van der Waals surface area (Å²) in [4.78, 5) is 8.60. The molecule has 0 bridgehead atoms. The highest BCUT2D eigenvalue weighted by Crippen LogP contribution is 2.41. The van der Waals surface area contributed by atoms with Crippen molar-refractivity contribution in [2.24, 2.45) is 4.99 Å². The number of pyridine rings is 1. The molecule has 2 nitrogen and oxygen atoms in total. The van der Waals surface area contributed by atoms with Gasteiger partial charge in [0.05, 0.1) is 5.69 Å². The highest BCUT2D eigenvalue weighted by Gasteiger charge is 2.38. The zero-order valence-electron chi connectivity index (χ0n) is 8.20. The van der Waals surface area contributed by atoms with Gasteiger partial charge in [0.25, 0.3) is 0 Å². The van der Waals surface area contributed by atoms with Crippen LogP contribution in [-0.2, 0) is 5.41 Å². The second-order valence-corrected chi connectivity index (χ2v) is 4.67. The normalized spacial score (nSPS) is 19.6. The van der Waals surface area contributed by atoms with Gasteiger partial charge in [-0.2, -0.15) is 0 Å². The minimum absolute atomic E-state index is 0.134. The molecule has 1 aliphatic rings. The summed E-state index contributed by atoms with van der Waals surface area (Å²) in [5, 5.41) is 0. The minimum Gasteiger partial charge on any atom is -0.300 e. The van der Waals surface area contributed by atoms with Crippen LogP contribution in [0, 0.1) is 0 Å². The third kappa shape index (κ3) is 1.61. The topological polar surface area (TPSA) is 25.2 Å². The van der Waals surface area contributed by atoms with Crippen LogP contribution in [0.4, 0.5) is 0 Å². The Morgan fingerprint density at radius 2 is 2.29 bits per heavy atom. The molecule has 74 valence electrons. The maximum atomic E-state index is 4.45. The van der Waals surface area contributed by atoms with Crippen molar-refractivity contribution in [3.8, 4) is 0 Å². The highest BCUT2D eigenvalue weighted by atomic mass is 79.9. The molecule has 1 aromatic rings. The second kappa shape index (κ2) is 3.81. The first-order chi connectivity index (χ1) is 6.77. The van der Waals surface area contributed by atoms with Gasteiger partial charge in [0.1, 0.15) is 0 Å². The van der Waals surface area contributed by atoms with Crippen molar-refractivity contribution in [3.05, 3.63) is 28.5 Å². The Bertz CT molecular complexity index is 339. The predicted molar refractivity (Wildman–Crippen MR) is 61.9 cm³/mol. The quantitative estimate of drug-likeness (QED) is 0.744. The van der Waals surface area contributed by atoms with Gasteiger partial charge in [-0.25, -0.2) is 0 Å². The van der Waals surface area contributed by atoms with Gasteiger partial charge in [0.15, 0.2) is 0 Å². The van der Waals surface area contributed by atoms with Crippen LogP contribution in [0.5, 0.6) is 0 Å². The summed E-state index contributed by atoms with van der Waals surface area (Å²) in [6.45, 7) is 0. The second-order valence-electron chi connectivity index (χ2n) is 3.76. The van der Waals surface area contributed by atoms with Crippen molar-refractivity contribution in [2.75, 3.05) is 7.05 Å². The molecule has 3 heteroatoms. The van der Waals surface area contributed by atoms with Crippen LogP contribution in [0.25, 0.3) is 0 Å². The lowest BCUT2D eigenvalue weighted by Gasteiger charge is -2.37. The van der Waals surface area contributed by atoms with Crippen molar-refractivity contribution >= 4 is 22.1 Å². The van der Waals surface area contributed by atoms with Crippen molar-refractivity contribution in [1.82, 2.24) is 4.98 Å². The van der Waals surface area contributed by atoms with E-state index < -0.39 is 0 Å². The summed E-state index contributed by atoms with van der Waals surface area (Å²) < 4.78 is 1.03. The van der Waals surface area contributed by atoms with Crippen LogP contribution < -0.4 is 0 Å². The molecule has 2 rings (SSSR count). The van der Waals surface area contributed by atoms with Gasteiger partial charge in [-0.05, 0) is 40.9 Å². The molecule has 0 aliphatic heterocycles. The van der Waals surface area contributed by atoms with Crippen LogP contribution in [-0.4, -0.2) is 18.2 Å². The number of nitrogens with zero attached hydrogens (tertiary/aromatic N) is 2. The Morgan fingerprint density at radius 3 is 2.71 bits per heavy atom. The Hall–Kier alpha value is -0.700. The summed E-state index contributed by atoms with van der Waals surface area (Å²) in [6, 6.07) is 4.14. The van der Waals surface area contributed by atoms with Gasteiger partial charge in [-0.3, -0.25) is 9.98 Å². The van der Waals surface area contributed by atoms with Crippen molar-refractivity contribution in [2.45, 2.75) is 24.7 Å². The Balaban J connectivity index is 2.32. The number of aromatic nitrogens is 1. The lowest BCUT2D eigenvalue weighted by molar-refractivity contribution is 0.339. The fourth-order valence-electron chi connectivity index (χ4n) is 1.93. The molecule has 1 heterocycles. The molecule has 0 N–H and O–H groups in total. The van der Waals surface area contributed by atoms with Crippen LogP contribution >= 0.6 is 15.9 Å². The van der Waals surface area contributed by atoms with Crippen LogP contribution in [0.3, 0.4) is 0 Å². The summed E-state index contributed by atoms with van der Waals surface area (Å²) in [5.74, 6) is 0. The molecule has 0 unspecified atom stereocenters. The summed E-state index contributed by atoms with van der Waals surface area (Å²) in [6.07, 6.45) is 7.55. The third-order valence-corrected chi connectivity index (χ3v) is 3.33. The fourth-order valence-corrected chi connectivity index (χ4v) is 2.16. The maximum absolute atomic E-state index is 4.45. The molecular weight excluding hydrogens is 240 g/mol. The zero-order valence-corrected chi connectivity index (χ0v) is 9.79. The van der Waals surface area contributed by atoms with Crippen LogP contribution in [0.15, 0.2) is 27.8 Å². The highest BCUT2D eigenvalue weighted by molar-refractivity contribution is 9.10. The molecule has 14 heavy (non-hydrogen) atoms. The van der Waals surface area contributed by atoms with Crippen LogP contribution in [0.2, 0.25) is 0 Å². The van der Waals surface area contributed by atoms with E-state index in [1.165, 1.54) is 19.3 Å². The van der Waals surface area contributed by atoms with Gasteiger partial charge in [0.2, 0.25) is 0 Å². The van der Waals surface area contributed by atoms with E-state index in [4.69, 9.17) is 0 Å². The van der Waals surface area contributed by atoms with E-state index in [-0.39, 0.29) is 5.41 Å². The number of aliphatic imine (C=N–C) groups is 1. The van der Waals surface area contributed by atoms with E-state index in [0.29, 0.717) is 0 Å². The first-order valence-electron chi connectivity index (χ1n) is 4.82. The van der Waals surface area contributed by atoms with E-state index in [2.05, 4.69) is 32.0 Å². The minimum atomic E-state index is 0.134. The molecule has 1 aliphatic carbocycles. The Labute approximate surface area is 92.6 Å². The SMILES string of the molecule is C/N=C/C1(c2ccc(Br)cn2)CCC1. The van der Waals surface area contributed by atoms with E-state index in [0.717, 1.165) is 10.2 Å². The van der Waals surface area contributed by atoms with Crippen molar-refractivity contribution < 1.29 is 0 Å². The zero-order chi connectivity index (χ0) is 10.0.